The number of thiophene rings is 1. The monoisotopic (exact) mass is 282 g/mol. The second kappa shape index (κ2) is 5.74. The van der Waals surface area contributed by atoms with Crippen LogP contribution >= 0.6 is 11.3 Å². The van der Waals surface area contributed by atoms with Crippen LogP contribution in [0.15, 0.2) is 0 Å². The summed E-state index contributed by atoms with van der Waals surface area (Å²) in [5.74, 6) is 2.62. The molecule has 0 spiro atoms. The van der Waals surface area contributed by atoms with E-state index in [9.17, 15) is 0 Å². The fraction of sp³-hybridized carbons (Fsp3) is 0.750. The summed E-state index contributed by atoms with van der Waals surface area (Å²) in [5.41, 5.74) is 0.209. The van der Waals surface area contributed by atoms with Crippen LogP contribution in [0, 0.1) is 0 Å². The Balaban J connectivity index is 2.53. The van der Waals surface area contributed by atoms with Crippen molar-refractivity contribution in [3.05, 3.63) is 9.75 Å². The molecular weight excluding hydrogens is 256 g/mol. The first-order valence-electron chi connectivity index (χ1n) is 7.50. The number of ether oxygens (including phenoxy) is 2. The van der Waals surface area contributed by atoms with Gasteiger partial charge in [-0.2, -0.15) is 0 Å². The molecule has 108 valence electrons. The van der Waals surface area contributed by atoms with Gasteiger partial charge in [-0.1, -0.05) is 34.6 Å². The maximum atomic E-state index is 5.97. The average Bonchev–Trinajstić information content (AvgIpc) is 2.86. The SMILES string of the molecule is CCC(C)c1sc(C(C)(CC)CC)c2c1OCCO2. The van der Waals surface area contributed by atoms with Crippen LogP contribution in [-0.2, 0) is 5.41 Å². The number of hydrogen-bond acceptors (Lipinski definition) is 3. The van der Waals surface area contributed by atoms with Gasteiger partial charge in [0.2, 0.25) is 0 Å². The van der Waals surface area contributed by atoms with Crippen LogP contribution in [0.25, 0.3) is 0 Å². The number of fused-ring (bicyclic) bond motifs is 1. The molecule has 0 saturated carbocycles. The van der Waals surface area contributed by atoms with Crippen LogP contribution in [0.2, 0.25) is 0 Å². The highest BCUT2D eigenvalue weighted by molar-refractivity contribution is 7.13. The van der Waals surface area contributed by atoms with Crippen molar-refractivity contribution in [1.29, 1.82) is 0 Å². The maximum absolute atomic E-state index is 5.97. The maximum Gasteiger partial charge on any atom is 0.176 e. The third-order valence-corrected chi connectivity index (χ3v) is 6.28. The van der Waals surface area contributed by atoms with E-state index in [0.29, 0.717) is 19.1 Å². The molecule has 0 saturated heterocycles. The van der Waals surface area contributed by atoms with Gasteiger partial charge < -0.3 is 9.47 Å². The summed E-state index contributed by atoms with van der Waals surface area (Å²) in [6.07, 6.45) is 3.42. The Hall–Kier alpha value is -0.700. The molecule has 1 aliphatic heterocycles. The van der Waals surface area contributed by atoms with Crippen LogP contribution in [-0.4, -0.2) is 13.2 Å². The lowest BCUT2D eigenvalue weighted by molar-refractivity contribution is 0.167. The summed E-state index contributed by atoms with van der Waals surface area (Å²) in [6, 6.07) is 0. The molecule has 1 aliphatic rings. The molecule has 0 fully saturated rings. The average molecular weight is 282 g/mol. The van der Waals surface area contributed by atoms with E-state index in [4.69, 9.17) is 9.47 Å². The van der Waals surface area contributed by atoms with E-state index in [0.717, 1.165) is 30.8 Å². The minimum atomic E-state index is 0.209. The van der Waals surface area contributed by atoms with Gasteiger partial charge in [0.05, 0.1) is 9.75 Å². The van der Waals surface area contributed by atoms with Gasteiger partial charge in [0.15, 0.2) is 11.5 Å². The zero-order valence-electron chi connectivity index (χ0n) is 12.8. The van der Waals surface area contributed by atoms with Crippen molar-refractivity contribution in [2.75, 3.05) is 13.2 Å². The summed E-state index contributed by atoms with van der Waals surface area (Å²) in [6.45, 7) is 12.8. The molecule has 2 nitrogen and oxygen atoms in total. The second-order valence-electron chi connectivity index (χ2n) is 5.73. The van der Waals surface area contributed by atoms with Crippen LogP contribution in [0.5, 0.6) is 11.5 Å². The first-order chi connectivity index (χ1) is 9.07. The molecule has 0 amide bonds. The molecule has 2 heterocycles. The predicted molar refractivity (Wildman–Crippen MR) is 81.9 cm³/mol. The van der Waals surface area contributed by atoms with Gasteiger partial charge in [0, 0.05) is 5.41 Å². The van der Waals surface area contributed by atoms with E-state index in [1.807, 2.05) is 11.3 Å². The lowest BCUT2D eigenvalue weighted by atomic mass is 9.82. The van der Waals surface area contributed by atoms with Crippen LogP contribution < -0.4 is 9.47 Å². The fourth-order valence-corrected chi connectivity index (χ4v) is 4.06. The molecule has 0 aliphatic carbocycles. The molecule has 0 N–H and O–H groups in total. The molecule has 0 radical (unpaired) electrons. The highest BCUT2D eigenvalue weighted by Gasteiger charge is 2.35. The van der Waals surface area contributed by atoms with Crippen molar-refractivity contribution in [3.63, 3.8) is 0 Å². The van der Waals surface area contributed by atoms with Crippen LogP contribution in [0.4, 0.5) is 0 Å². The zero-order chi connectivity index (χ0) is 14.0. The summed E-state index contributed by atoms with van der Waals surface area (Å²) in [5, 5.41) is 0. The lowest BCUT2D eigenvalue weighted by Crippen LogP contribution is -2.21. The Morgan fingerprint density at radius 3 is 2.21 bits per heavy atom. The molecule has 0 aromatic carbocycles. The minimum absolute atomic E-state index is 0.209. The fourth-order valence-electron chi connectivity index (χ4n) is 2.45. The summed E-state index contributed by atoms with van der Waals surface area (Å²) in [4.78, 5) is 2.77. The minimum Gasteiger partial charge on any atom is -0.485 e. The Bertz CT molecular complexity index is 432. The van der Waals surface area contributed by atoms with Crippen molar-refractivity contribution in [1.82, 2.24) is 0 Å². The number of rotatable bonds is 5. The Labute approximate surface area is 121 Å². The third-order valence-electron chi connectivity index (χ3n) is 4.59. The molecule has 19 heavy (non-hydrogen) atoms. The molecule has 3 heteroatoms. The van der Waals surface area contributed by atoms with Crippen molar-refractivity contribution in [2.24, 2.45) is 0 Å². The number of hydrogen-bond donors (Lipinski definition) is 0. The molecule has 0 bridgehead atoms. The van der Waals surface area contributed by atoms with Gasteiger partial charge in [-0.3, -0.25) is 0 Å². The highest BCUT2D eigenvalue weighted by Crippen LogP contribution is 2.53. The Morgan fingerprint density at radius 2 is 1.68 bits per heavy atom. The van der Waals surface area contributed by atoms with Gasteiger partial charge in [-0.05, 0) is 25.2 Å². The normalized spacial score (nSPS) is 16.5. The highest BCUT2D eigenvalue weighted by atomic mass is 32.1. The van der Waals surface area contributed by atoms with Gasteiger partial charge in [0.25, 0.3) is 0 Å². The van der Waals surface area contributed by atoms with E-state index in [-0.39, 0.29) is 5.41 Å². The Morgan fingerprint density at radius 1 is 1.11 bits per heavy atom. The summed E-state index contributed by atoms with van der Waals surface area (Å²) < 4.78 is 11.9. The van der Waals surface area contributed by atoms with E-state index in [1.165, 1.54) is 9.75 Å². The van der Waals surface area contributed by atoms with E-state index < -0.39 is 0 Å². The van der Waals surface area contributed by atoms with E-state index >= 15 is 0 Å². The van der Waals surface area contributed by atoms with Gasteiger partial charge >= 0.3 is 0 Å². The van der Waals surface area contributed by atoms with Gasteiger partial charge in [0.1, 0.15) is 13.2 Å². The van der Waals surface area contributed by atoms with Crippen LogP contribution in [0.3, 0.4) is 0 Å². The quantitative estimate of drug-likeness (QED) is 0.747. The molecule has 1 unspecified atom stereocenters. The Kier molecular flexibility index (Phi) is 4.44. The van der Waals surface area contributed by atoms with Crippen molar-refractivity contribution < 1.29 is 9.47 Å². The first kappa shape index (κ1) is 14.7. The zero-order valence-corrected chi connectivity index (χ0v) is 13.7. The van der Waals surface area contributed by atoms with Crippen molar-refractivity contribution >= 4 is 11.3 Å². The third kappa shape index (κ3) is 2.49. The van der Waals surface area contributed by atoms with Crippen LogP contribution in [0.1, 0.15) is 69.6 Å². The van der Waals surface area contributed by atoms with Crippen molar-refractivity contribution in [3.8, 4) is 11.5 Å². The summed E-state index contributed by atoms with van der Waals surface area (Å²) >= 11 is 1.91. The van der Waals surface area contributed by atoms with Gasteiger partial charge in [-0.25, -0.2) is 0 Å². The standard InChI is InChI=1S/C16H26O2S/c1-6-11(4)14-12-13(18-10-9-17-12)15(19-14)16(5,7-2)8-3/h11H,6-10H2,1-5H3. The van der Waals surface area contributed by atoms with Crippen molar-refractivity contribution in [2.45, 2.75) is 65.2 Å². The molecular formula is C16H26O2S. The lowest BCUT2D eigenvalue weighted by Gasteiger charge is -2.27. The first-order valence-corrected chi connectivity index (χ1v) is 8.31. The topological polar surface area (TPSA) is 18.5 Å². The predicted octanol–water partition coefficient (Wildman–Crippen LogP) is 5.11. The molecule has 2 rings (SSSR count). The van der Waals surface area contributed by atoms with E-state index in [1.54, 1.807) is 0 Å². The molecule has 1 aromatic heterocycles. The molecule has 1 aromatic rings. The largest absolute Gasteiger partial charge is 0.485 e. The summed E-state index contributed by atoms with van der Waals surface area (Å²) in [7, 11) is 0. The second-order valence-corrected chi connectivity index (χ2v) is 6.78. The molecule has 1 atom stereocenters. The smallest absolute Gasteiger partial charge is 0.176 e. The van der Waals surface area contributed by atoms with Gasteiger partial charge in [-0.15, -0.1) is 11.3 Å². The van der Waals surface area contributed by atoms with E-state index in [2.05, 4.69) is 34.6 Å².